The van der Waals surface area contributed by atoms with Crippen LogP contribution in [0.5, 0.6) is 11.5 Å². The second-order valence-corrected chi connectivity index (χ2v) is 9.88. The maximum atomic E-state index is 13.5. The van der Waals surface area contributed by atoms with Crippen LogP contribution in [0.2, 0.25) is 0 Å². The molecule has 1 aromatic heterocycles. The normalized spacial score (nSPS) is 17.9. The van der Waals surface area contributed by atoms with Gasteiger partial charge in [0.25, 0.3) is 11.8 Å². The molecule has 2 fully saturated rings. The molecule has 0 saturated carbocycles. The molecule has 3 aliphatic rings. The summed E-state index contributed by atoms with van der Waals surface area (Å²) in [4.78, 5) is 32.2. The van der Waals surface area contributed by atoms with Gasteiger partial charge in [-0.1, -0.05) is 6.07 Å². The highest BCUT2D eigenvalue weighted by Crippen LogP contribution is 2.32. The number of H-pyrrole nitrogens is 1. The molecule has 6 rings (SSSR count). The Morgan fingerprint density at radius 3 is 2.57 bits per heavy atom. The number of carbonyl (C=O) groups excluding carboxylic acids is 2. The number of nitrogens with zero attached hydrogens (tertiary/aromatic N) is 4. The van der Waals surface area contributed by atoms with Gasteiger partial charge in [-0.25, -0.2) is 0 Å². The summed E-state index contributed by atoms with van der Waals surface area (Å²) in [5.74, 6) is 0.215. The minimum Gasteiger partial charge on any atom is -0.507 e. The average Bonchev–Trinajstić information content (AvgIpc) is 3.67. The lowest BCUT2D eigenvalue weighted by Gasteiger charge is -2.26. The van der Waals surface area contributed by atoms with E-state index in [2.05, 4.69) is 15.1 Å². The zero-order chi connectivity index (χ0) is 25.4. The van der Waals surface area contributed by atoms with Gasteiger partial charge in [0.15, 0.2) is 5.69 Å². The molecule has 2 amide bonds. The van der Waals surface area contributed by atoms with Gasteiger partial charge in [0.1, 0.15) is 18.1 Å². The highest BCUT2D eigenvalue weighted by molar-refractivity contribution is 6.08. The van der Waals surface area contributed by atoms with Crippen molar-refractivity contribution in [3.63, 3.8) is 0 Å². The van der Waals surface area contributed by atoms with Crippen molar-refractivity contribution in [3.05, 3.63) is 52.7 Å². The number of nitrogens with one attached hydrogen (secondary N) is 1. The Balaban J connectivity index is 1.15. The fourth-order valence-corrected chi connectivity index (χ4v) is 5.35. The quantitative estimate of drug-likeness (QED) is 0.529. The van der Waals surface area contributed by atoms with E-state index in [-0.39, 0.29) is 28.8 Å². The molecule has 0 radical (unpaired) electrons. The summed E-state index contributed by atoms with van der Waals surface area (Å²) in [6.07, 6.45) is 1.96. The van der Waals surface area contributed by atoms with Crippen LogP contribution in [0.1, 0.15) is 44.8 Å². The van der Waals surface area contributed by atoms with Gasteiger partial charge >= 0.3 is 0 Å². The first-order valence-electron chi connectivity index (χ1n) is 12.9. The van der Waals surface area contributed by atoms with Crippen molar-refractivity contribution in [1.29, 1.82) is 0 Å². The highest BCUT2D eigenvalue weighted by Gasteiger charge is 2.29. The van der Waals surface area contributed by atoms with Gasteiger partial charge < -0.3 is 24.4 Å². The van der Waals surface area contributed by atoms with Crippen LogP contribution in [-0.4, -0.2) is 94.4 Å². The molecule has 0 unspecified atom stereocenters. The molecule has 2 N–H and O–H groups in total. The highest BCUT2D eigenvalue weighted by atomic mass is 16.5. The first-order chi connectivity index (χ1) is 18.1. The second kappa shape index (κ2) is 10.0. The number of hydrogen-bond donors (Lipinski definition) is 2. The minimum absolute atomic E-state index is 0.135. The number of amides is 2. The van der Waals surface area contributed by atoms with Gasteiger partial charge in [-0.05, 0) is 42.2 Å². The number of likely N-dealkylation sites (tertiary alicyclic amines) is 1. The van der Waals surface area contributed by atoms with E-state index in [1.54, 1.807) is 15.9 Å². The van der Waals surface area contributed by atoms with E-state index in [0.29, 0.717) is 43.7 Å². The summed E-state index contributed by atoms with van der Waals surface area (Å²) in [5, 5.41) is 18.2. The van der Waals surface area contributed by atoms with E-state index >= 15 is 0 Å². The van der Waals surface area contributed by atoms with E-state index in [9.17, 15) is 14.7 Å². The molecule has 194 valence electrons. The predicted octanol–water partition coefficient (Wildman–Crippen LogP) is 2.37. The summed E-state index contributed by atoms with van der Waals surface area (Å²) in [7, 11) is 0. The lowest BCUT2D eigenvalue weighted by atomic mass is 10.1. The number of aromatic nitrogens is 2. The molecule has 3 aliphatic heterocycles. The molecule has 0 atom stereocenters. The Labute approximate surface area is 214 Å². The fourth-order valence-electron chi connectivity index (χ4n) is 5.35. The lowest BCUT2D eigenvalue weighted by molar-refractivity contribution is 0.0322. The number of ether oxygens (including phenoxy) is 2. The number of phenolic OH excluding ortho intramolecular Hbond substituents is 1. The van der Waals surface area contributed by atoms with Crippen LogP contribution in [0, 0.1) is 0 Å². The Hall–Kier alpha value is -3.63. The summed E-state index contributed by atoms with van der Waals surface area (Å²) < 4.78 is 11.4. The van der Waals surface area contributed by atoms with Crippen molar-refractivity contribution in [2.24, 2.45) is 0 Å². The van der Waals surface area contributed by atoms with Gasteiger partial charge in [0, 0.05) is 57.3 Å². The zero-order valence-electron chi connectivity index (χ0n) is 20.7. The maximum Gasteiger partial charge on any atom is 0.274 e. The van der Waals surface area contributed by atoms with Crippen LogP contribution in [0.15, 0.2) is 30.3 Å². The van der Waals surface area contributed by atoms with Crippen molar-refractivity contribution in [3.8, 4) is 11.5 Å². The third kappa shape index (κ3) is 4.74. The summed E-state index contributed by atoms with van der Waals surface area (Å²) in [6.45, 7) is 7.13. The van der Waals surface area contributed by atoms with Gasteiger partial charge in [-0.15, -0.1) is 0 Å². The number of fused-ring (bicyclic) bond motifs is 2. The SMILES string of the molecule is O=C(c1cc2c(C(=O)N3CCCC3)n[nH]c2cc1O)N1Cc2ccc(OCCN3CCOCC3)cc2C1. The van der Waals surface area contributed by atoms with Crippen LogP contribution < -0.4 is 4.74 Å². The molecular weight excluding hydrogens is 474 g/mol. The molecule has 10 nitrogen and oxygen atoms in total. The van der Waals surface area contributed by atoms with E-state index in [0.717, 1.165) is 62.6 Å². The fraction of sp³-hybridized carbons (Fsp3) is 0.444. The smallest absolute Gasteiger partial charge is 0.274 e. The predicted molar refractivity (Wildman–Crippen MR) is 136 cm³/mol. The number of aromatic hydroxyl groups is 1. The third-order valence-corrected chi connectivity index (χ3v) is 7.47. The first-order valence-corrected chi connectivity index (χ1v) is 12.9. The number of rotatable bonds is 6. The lowest BCUT2D eigenvalue weighted by Crippen LogP contribution is -2.38. The molecule has 2 saturated heterocycles. The molecule has 0 bridgehead atoms. The molecule has 0 aliphatic carbocycles. The summed E-state index contributed by atoms with van der Waals surface area (Å²) in [5.41, 5.74) is 3.07. The van der Waals surface area contributed by atoms with Crippen molar-refractivity contribution in [1.82, 2.24) is 24.9 Å². The van der Waals surface area contributed by atoms with E-state index in [1.165, 1.54) is 6.07 Å². The Kier molecular flexibility index (Phi) is 6.43. The van der Waals surface area contributed by atoms with Gasteiger partial charge in [-0.3, -0.25) is 19.6 Å². The van der Waals surface area contributed by atoms with Crippen LogP contribution >= 0.6 is 0 Å². The Morgan fingerprint density at radius 2 is 1.76 bits per heavy atom. The largest absolute Gasteiger partial charge is 0.507 e. The van der Waals surface area contributed by atoms with Crippen molar-refractivity contribution in [2.45, 2.75) is 25.9 Å². The number of benzene rings is 2. The Bertz CT molecular complexity index is 1330. The molecule has 10 heteroatoms. The van der Waals surface area contributed by atoms with Gasteiger partial charge in [0.2, 0.25) is 0 Å². The minimum atomic E-state index is -0.286. The molecule has 37 heavy (non-hydrogen) atoms. The van der Waals surface area contributed by atoms with Crippen LogP contribution in [0.4, 0.5) is 0 Å². The van der Waals surface area contributed by atoms with Crippen LogP contribution in [-0.2, 0) is 17.8 Å². The number of carbonyl (C=O) groups is 2. The number of hydrogen-bond acceptors (Lipinski definition) is 7. The molecule has 0 spiro atoms. The number of phenols is 1. The number of morpholine rings is 1. The number of aromatic amines is 1. The summed E-state index contributed by atoms with van der Waals surface area (Å²) in [6, 6.07) is 8.99. The summed E-state index contributed by atoms with van der Waals surface area (Å²) >= 11 is 0. The molecule has 3 aromatic rings. The van der Waals surface area contributed by atoms with Crippen LogP contribution in [0.3, 0.4) is 0 Å². The van der Waals surface area contributed by atoms with E-state index in [4.69, 9.17) is 9.47 Å². The zero-order valence-corrected chi connectivity index (χ0v) is 20.7. The monoisotopic (exact) mass is 505 g/mol. The van der Waals surface area contributed by atoms with E-state index in [1.807, 2.05) is 18.2 Å². The van der Waals surface area contributed by atoms with Crippen molar-refractivity contribution < 1.29 is 24.2 Å². The van der Waals surface area contributed by atoms with E-state index < -0.39 is 0 Å². The van der Waals surface area contributed by atoms with Crippen molar-refractivity contribution >= 4 is 22.7 Å². The van der Waals surface area contributed by atoms with Crippen molar-refractivity contribution in [2.75, 3.05) is 52.5 Å². The molecule has 2 aromatic carbocycles. The van der Waals surface area contributed by atoms with Gasteiger partial charge in [0.05, 0.1) is 24.3 Å². The standard InChI is InChI=1S/C27H31N5O5/c33-24-15-23-21(25(29-28-23)27(35)31-5-1-2-6-31)14-22(24)26(34)32-16-18-3-4-20(13-19(18)17-32)37-12-9-30-7-10-36-11-8-30/h3-4,13-15,33H,1-2,5-12,16-17H2,(H,28,29). The first kappa shape index (κ1) is 23.7. The van der Waals surface area contributed by atoms with Gasteiger partial charge in [-0.2, -0.15) is 5.10 Å². The van der Waals surface area contributed by atoms with Crippen LogP contribution in [0.25, 0.3) is 10.9 Å². The molecular formula is C27H31N5O5. The average molecular weight is 506 g/mol. The Morgan fingerprint density at radius 1 is 0.973 bits per heavy atom. The second-order valence-electron chi connectivity index (χ2n) is 9.88. The molecule has 4 heterocycles. The topological polar surface area (TPSA) is 111 Å². The third-order valence-electron chi connectivity index (χ3n) is 7.47. The maximum absolute atomic E-state index is 13.5.